The zero-order valence-corrected chi connectivity index (χ0v) is 53.1. The third-order valence-electron chi connectivity index (χ3n) is 14.8. The lowest BCUT2D eigenvalue weighted by atomic mass is 10.0. The maximum absolute atomic E-state index is 12.9. The van der Waals surface area contributed by atoms with E-state index >= 15 is 0 Å². The van der Waals surface area contributed by atoms with E-state index in [2.05, 4.69) is 62.5 Å². The minimum Gasteiger partial charge on any atom is -0.462 e. The number of nitrogens with zero attached hydrogens (tertiary/aromatic N) is 1. The van der Waals surface area contributed by atoms with Crippen molar-refractivity contribution >= 4 is 19.8 Å². The summed E-state index contributed by atoms with van der Waals surface area (Å²) in [5.41, 5.74) is 0. The number of rotatable bonds is 62. The monoisotopic (exact) mass is 1120 g/mol. The largest absolute Gasteiger partial charge is 0.472 e. The van der Waals surface area contributed by atoms with Crippen LogP contribution in [0.25, 0.3) is 0 Å². The van der Waals surface area contributed by atoms with Gasteiger partial charge in [-0.1, -0.05) is 281 Å². The molecule has 10 heteroatoms. The van der Waals surface area contributed by atoms with Crippen LogP contribution >= 0.6 is 7.82 Å². The molecule has 2 unspecified atom stereocenters. The molecule has 2 atom stereocenters. The van der Waals surface area contributed by atoms with Crippen LogP contribution in [0.3, 0.4) is 0 Å². The molecule has 0 radical (unpaired) electrons. The molecule has 0 heterocycles. The van der Waals surface area contributed by atoms with E-state index in [1.54, 1.807) is 0 Å². The van der Waals surface area contributed by atoms with Crippen molar-refractivity contribution in [3.63, 3.8) is 0 Å². The normalized spacial score (nSPS) is 13.5. The van der Waals surface area contributed by atoms with E-state index in [-0.39, 0.29) is 32.0 Å². The molecule has 0 saturated carbocycles. The van der Waals surface area contributed by atoms with Crippen LogP contribution in [0.5, 0.6) is 0 Å². The van der Waals surface area contributed by atoms with Crippen molar-refractivity contribution in [1.82, 2.24) is 0 Å². The van der Waals surface area contributed by atoms with Gasteiger partial charge in [-0.05, 0) is 77.0 Å². The number of unbranched alkanes of at least 4 members (excludes halogenated alkanes) is 40. The number of carbonyl (C=O) groups is 2. The van der Waals surface area contributed by atoms with Crippen LogP contribution in [0.15, 0.2) is 48.6 Å². The molecule has 0 aromatic heterocycles. The highest BCUT2D eigenvalue weighted by molar-refractivity contribution is 7.47. The second kappa shape index (κ2) is 59.6. The van der Waals surface area contributed by atoms with Crippen LogP contribution in [0.1, 0.15) is 322 Å². The third-order valence-corrected chi connectivity index (χ3v) is 15.8. The van der Waals surface area contributed by atoms with E-state index < -0.39 is 26.5 Å². The Morgan fingerprint density at radius 2 is 0.692 bits per heavy atom. The van der Waals surface area contributed by atoms with Crippen LogP contribution in [0.2, 0.25) is 0 Å². The number of quaternary nitrogens is 1. The highest BCUT2D eigenvalue weighted by Gasteiger charge is 2.27. The Morgan fingerprint density at radius 3 is 1.01 bits per heavy atom. The van der Waals surface area contributed by atoms with Gasteiger partial charge in [-0.15, -0.1) is 0 Å². The predicted octanol–water partition coefficient (Wildman–Crippen LogP) is 21.3. The molecule has 0 aromatic rings. The zero-order valence-electron chi connectivity index (χ0n) is 52.2. The number of allylic oxidation sites excluding steroid dienone is 8. The Morgan fingerprint density at radius 1 is 0.397 bits per heavy atom. The van der Waals surface area contributed by atoms with Gasteiger partial charge in [0, 0.05) is 12.8 Å². The van der Waals surface area contributed by atoms with Gasteiger partial charge in [0.2, 0.25) is 0 Å². The van der Waals surface area contributed by atoms with E-state index in [1.807, 2.05) is 21.1 Å². The lowest BCUT2D eigenvalue weighted by Crippen LogP contribution is -2.37. The Bertz CT molecular complexity index is 1460. The van der Waals surface area contributed by atoms with Gasteiger partial charge in [-0.25, -0.2) is 4.57 Å². The SMILES string of the molecule is CCCCCCC/C=C\C/C=C\CCCCCCCCCCCCCCCCCCCCCC(=O)OC(COC(=O)CCCCCCCCCCCCC/C=C\C/C=C\CCCCCCC)COP(=O)(O)OCC[N+](C)(C)C. The molecule has 0 aliphatic carbocycles. The topological polar surface area (TPSA) is 108 Å². The maximum Gasteiger partial charge on any atom is 0.472 e. The number of hydrogen-bond acceptors (Lipinski definition) is 7. The number of phosphoric ester groups is 1. The summed E-state index contributed by atoms with van der Waals surface area (Å²) < 4.78 is 34.7. The Labute approximate surface area is 484 Å². The zero-order chi connectivity index (χ0) is 57.0. The smallest absolute Gasteiger partial charge is 0.462 e. The Balaban J connectivity index is 4.04. The first-order valence-corrected chi connectivity index (χ1v) is 34.9. The highest BCUT2D eigenvalue weighted by atomic mass is 31.2. The molecule has 0 spiro atoms. The van der Waals surface area contributed by atoms with Crippen molar-refractivity contribution in [3.05, 3.63) is 48.6 Å². The fourth-order valence-corrected chi connectivity index (χ4v) is 10.4. The summed E-state index contributed by atoms with van der Waals surface area (Å²) in [7, 11) is 1.49. The Kier molecular flexibility index (Phi) is 58.0. The average molecular weight is 1120 g/mol. The minimum atomic E-state index is -4.39. The van der Waals surface area contributed by atoms with E-state index in [0.29, 0.717) is 17.4 Å². The van der Waals surface area contributed by atoms with E-state index in [4.69, 9.17) is 18.5 Å². The molecule has 9 nitrogen and oxygen atoms in total. The average Bonchev–Trinajstić information content (AvgIpc) is 3.40. The van der Waals surface area contributed by atoms with Gasteiger partial charge in [0.25, 0.3) is 0 Å². The van der Waals surface area contributed by atoms with E-state index in [9.17, 15) is 19.0 Å². The molecule has 0 aliphatic rings. The fraction of sp³-hybridized carbons (Fsp3) is 0.853. The van der Waals surface area contributed by atoms with Crippen molar-refractivity contribution in [1.29, 1.82) is 0 Å². The molecule has 0 rings (SSSR count). The fourth-order valence-electron chi connectivity index (χ4n) is 9.67. The first kappa shape index (κ1) is 76.0. The second-order valence-electron chi connectivity index (χ2n) is 23.9. The molecule has 458 valence electrons. The molecular weight excluding hydrogens is 990 g/mol. The lowest BCUT2D eigenvalue weighted by Gasteiger charge is -2.24. The summed E-state index contributed by atoms with van der Waals surface area (Å²) >= 11 is 0. The molecule has 0 fully saturated rings. The van der Waals surface area contributed by atoms with E-state index in [0.717, 1.165) is 44.9 Å². The van der Waals surface area contributed by atoms with Crippen LogP contribution < -0.4 is 0 Å². The summed E-state index contributed by atoms with van der Waals surface area (Å²) in [5, 5.41) is 0. The van der Waals surface area contributed by atoms with Gasteiger partial charge in [0.05, 0.1) is 27.7 Å². The number of phosphoric acid groups is 1. The molecule has 0 aliphatic heterocycles. The summed E-state index contributed by atoms with van der Waals surface area (Å²) in [5.74, 6) is -0.785. The first-order valence-electron chi connectivity index (χ1n) is 33.4. The highest BCUT2D eigenvalue weighted by Crippen LogP contribution is 2.43. The molecule has 1 N–H and O–H groups in total. The number of likely N-dealkylation sites (N-methyl/N-ethyl adjacent to an activating group) is 1. The van der Waals surface area contributed by atoms with Crippen molar-refractivity contribution < 1.29 is 42.1 Å². The van der Waals surface area contributed by atoms with Crippen molar-refractivity contribution in [3.8, 4) is 0 Å². The Hall–Kier alpha value is -2.03. The van der Waals surface area contributed by atoms with Crippen LogP contribution in [-0.2, 0) is 32.7 Å². The van der Waals surface area contributed by atoms with Gasteiger partial charge in [-0.2, -0.15) is 0 Å². The standard InChI is InChI=1S/C68H128NO8P/c1-6-8-10-12-14-16-18-20-22-24-26-28-30-31-32-33-34-35-36-37-39-41-43-45-47-49-51-53-55-57-59-61-68(71)77-66(65-76-78(72,73)75-63-62-69(3,4)5)64-74-67(70)60-58-56-54-52-50-48-46-44-42-40-38-29-27-25-23-21-19-17-15-13-11-9-7-2/h18-21,24-27,66H,6-17,22-23,28-65H2,1-5H3/p+1/b20-18-,21-19-,26-24-,27-25-. The number of ether oxygens (including phenoxy) is 2. The summed E-state index contributed by atoms with van der Waals surface area (Å²) in [6.45, 7) is 4.46. The summed E-state index contributed by atoms with van der Waals surface area (Å²) in [6.07, 6.45) is 76.3. The lowest BCUT2D eigenvalue weighted by molar-refractivity contribution is -0.870. The summed E-state index contributed by atoms with van der Waals surface area (Å²) in [6, 6.07) is 0. The van der Waals surface area contributed by atoms with Crippen molar-refractivity contribution in [2.24, 2.45) is 0 Å². The molecule has 78 heavy (non-hydrogen) atoms. The molecule has 0 bridgehead atoms. The van der Waals surface area contributed by atoms with Gasteiger partial charge >= 0.3 is 19.8 Å². The van der Waals surface area contributed by atoms with Crippen LogP contribution in [-0.4, -0.2) is 74.9 Å². The van der Waals surface area contributed by atoms with E-state index in [1.165, 1.54) is 244 Å². The molecule has 0 aromatic carbocycles. The number of hydrogen-bond donors (Lipinski definition) is 1. The quantitative estimate of drug-likeness (QED) is 0.0211. The maximum atomic E-state index is 12.9. The van der Waals surface area contributed by atoms with Crippen molar-refractivity contribution in [2.45, 2.75) is 328 Å². The van der Waals surface area contributed by atoms with Crippen molar-refractivity contribution in [2.75, 3.05) is 47.5 Å². The molecular formula is C68H129NO8P+. The molecule has 0 amide bonds. The number of carbonyl (C=O) groups excluding carboxylic acids is 2. The predicted molar refractivity (Wildman–Crippen MR) is 335 cm³/mol. The number of esters is 2. The van der Waals surface area contributed by atoms with Gasteiger partial charge < -0.3 is 18.9 Å². The first-order chi connectivity index (χ1) is 38.0. The van der Waals surface area contributed by atoms with Crippen LogP contribution in [0, 0.1) is 0 Å². The van der Waals surface area contributed by atoms with Gasteiger partial charge in [0.1, 0.15) is 19.8 Å². The minimum absolute atomic E-state index is 0.0325. The van der Waals surface area contributed by atoms with Gasteiger partial charge in [-0.3, -0.25) is 18.6 Å². The third kappa shape index (κ3) is 63.2. The van der Waals surface area contributed by atoms with Gasteiger partial charge in [0.15, 0.2) is 6.10 Å². The second-order valence-corrected chi connectivity index (χ2v) is 25.3. The van der Waals surface area contributed by atoms with Crippen LogP contribution in [0.4, 0.5) is 0 Å². The molecule has 0 saturated heterocycles. The summed E-state index contributed by atoms with van der Waals surface area (Å²) in [4.78, 5) is 35.8.